The summed E-state index contributed by atoms with van der Waals surface area (Å²) in [6, 6.07) is 9.86. The van der Waals surface area contributed by atoms with Gasteiger partial charge in [0.1, 0.15) is 0 Å². The van der Waals surface area contributed by atoms with Crippen LogP contribution in [-0.4, -0.2) is 12.5 Å². The number of nitriles is 1. The van der Waals surface area contributed by atoms with Gasteiger partial charge in [-0.1, -0.05) is 25.1 Å². The molecular formula is C13H14N2O. The third-order valence-corrected chi connectivity index (χ3v) is 2.91. The molecule has 3 nitrogen and oxygen atoms in total. The topological polar surface area (TPSA) is 44.1 Å². The number of anilines is 1. The lowest BCUT2D eigenvalue weighted by molar-refractivity contribution is -0.119. The normalized spacial score (nSPS) is 18.4. The molecule has 1 aliphatic heterocycles. The van der Waals surface area contributed by atoms with Gasteiger partial charge >= 0.3 is 0 Å². The number of carbonyl (C=O) groups is 1. The summed E-state index contributed by atoms with van der Waals surface area (Å²) >= 11 is 0. The highest BCUT2D eigenvalue weighted by atomic mass is 16.2. The smallest absolute Gasteiger partial charge is 0.235 e. The number of fused-ring (bicyclic) bond motifs is 1. The van der Waals surface area contributed by atoms with Crippen molar-refractivity contribution in [2.75, 3.05) is 11.4 Å². The van der Waals surface area contributed by atoms with E-state index in [4.69, 9.17) is 5.26 Å². The Morgan fingerprint density at radius 3 is 2.88 bits per heavy atom. The maximum Gasteiger partial charge on any atom is 0.235 e. The highest BCUT2D eigenvalue weighted by Crippen LogP contribution is 2.38. The molecule has 1 aromatic carbocycles. The van der Waals surface area contributed by atoms with Gasteiger partial charge in [-0.25, -0.2) is 0 Å². The molecule has 0 spiro atoms. The fourth-order valence-corrected chi connectivity index (χ4v) is 2.21. The molecule has 1 amide bonds. The van der Waals surface area contributed by atoms with E-state index in [0.29, 0.717) is 0 Å². The van der Waals surface area contributed by atoms with Gasteiger partial charge in [0.15, 0.2) is 0 Å². The Kier molecular flexibility index (Phi) is 2.91. The average Bonchev–Trinajstić information content (AvgIpc) is 2.56. The van der Waals surface area contributed by atoms with E-state index in [1.54, 1.807) is 4.90 Å². The number of amides is 1. The fourth-order valence-electron chi connectivity index (χ4n) is 2.21. The molecule has 82 valence electrons. The summed E-state index contributed by atoms with van der Waals surface area (Å²) in [5.41, 5.74) is 1.98. The zero-order chi connectivity index (χ0) is 11.5. The van der Waals surface area contributed by atoms with E-state index in [9.17, 15) is 4.79 Å². The minimum atomic E-state index is -0.257. The molecule has 0 fully saturated rings. The molecule has 16 heavy (non-hydrogen) atoms. The third-order valence-electron chi connectivity index (χ3n) is 2.91. The maximum absolute atomic E-state index is 12.1. The molecular weight excluding hydrogens is 200 g/mol. The standard InChI is InChI=1S/C13H14N2O/c1-2-9-15-12-6-4-3-5-10(12)11(7-8-14)13(15)16/h3-6,11H,2,7,9H2,1H3/t11-/m0/s1. The van der Waals surface area contributed by atoms with Crippen molar-refractivity contribution in [1.29, 1.82) is 5.26 Å². The Hall–Kier alpha value is -1.82. The zero-order valence-corrected chi connectivity index (χ0v) is 9.31. The van der Waals surface area contributed by atoms with Crippen molar-refractivity contribution in [2.24, 2.45) is 0 Å². The van der Waals surface area contributed by atoms with E-state index in [1.165, 1.54) is 0 Å². The first-order chi connectivity index (χ1) is 7.79. The fraction of sp³-hybridized carbons (Fsp3) is 0.385. The van der Waals surface area contributed by atoms with Gasteiger partial charge in [0.05, 0.1) is 18.4 Å². The quantitative estimate of drug-likeness (QED) is 0.775. The van der Waals surface area contributed by atoms with Gasteiger partial charge in [-0.05, 0) is 18.1 Å². The first kappa shape index (κ1) is 10.7. The van der Waals surface area contributed by atoms with Crippen molar-refractivity contribution >= 4 is 11.6 Å². The SMILES string of the molecule is CCCN1C(=O)[C@@H](CC#N)c2ccccc21. The van der Waals surface area contributed by atoms with E-state index in [1.807, 2.05) is 31.2 Å². The molecule has 2 rings (SSSR count). The van der Waals surface area contributed by atoms with E-state index in [-0.39, 0.29) is 18.2 Å². The summed E-state index contributed by atoms with van der Waals surface area (Å²) in [6.45, 7) is 2.78. The van der Waals surface area contributed by atoms with Crippen molar-refractivity contribution in [3.05, 3.63) is 29.8 Å². The molecule has 0 aliphatic carbocycles. The third kappa shape index (κ3) is 1.57. The van der Waals surface area contributed by atoms with Gasteiger partial charge in [-0.3, -0.25) is 4.79 Å². The van der Waals surface area contributed by atoms with Crippen LogP contribution in [0.2, 0.25) is 0 Å². The van der Waals surface area contributed by atoms with E-state index in [0.717, 1.165) is 24.2 Å². The zero-order valence-electron chi connectivity index (χ0n) is 9.31. The van der Waals surface area contributed by atoms with Crippen LogP contribution in [-0.2, 0) is 4.79 Å². The number of carbonyl (C=O) groups excluding carboxylic acids is 1. The van der Waals surface area contributed by atoms with Gasteiger partial charge < -0.3 is 4.90 Å². The molecule has 0 unspecified atom stereocenters. The van der Waals surface area contributed by atoms with Crippen molar-refractivity contribution in [1.82, 2.24) is 0 Å². The molecule has 1 atom stereocenters. The lowest BCUT2D eigenvalue weighted by atomic mass is 9.98. The highest BCUT2D eigenvalue weighted by molar-refractivity contribution is 6.05. The summed E-state index contributed by atoms with van der Waals surface area (Å²) in [6.07, 6.45) is 1.20. The molecule has 0 N–H and O–H groups in total. The van der Waals surface area contributed by atoms with Crippen molar-refractivity contribution in [3.8, 4) is 6.07 Å². The van der Waals surface area contributed by atoms with Crippen LogP contribution in [0.5, 0.6) is 0 Å². The molecule has 0 saturated carbocycles. The molecule has 1 aliphatic rings. The van der Waals surface area contributed by atoms with Crippen LogP contribution in [0.1, 0.15) is 31.2 Å². The maximum atomic E-state index is 12.1. The Morgan fingerprint density at radius 2 is 2.19 bits per heavy atom. The predicted molar refractivity (Wildman–Crippen MR) is 62.1 cm³/mol. The van der Waals surface area contributed by atoms with Crippen LogP contribution >= 0.6 is 0 Å². The number of hydrogen-bond donors (Lipinski definition) is 0. The number of nitrogens with zero attached hydrogens (tertiary/aromatic N) is 2. The summed E-state index contributed by atoms with van der Waals surface area (Å²) < 4.78 is 0. The van der Waals surface area contributed by atoms with Crippen LogP contribution in [0.4, 0.5) is 5.69 Å². The molecule has 0 aromatic heterocycles. The lowest BCUT2D eigenvalue weighted by Gasteiger charge is -2.16. The second-order valence-electron chi connectivity index (χ2n) is 3.96. The van der Waals surface area contributed by atoms with Crippen LogP contribution in [0.15, 0.2) is 24.3 Å². The van der Waals surface area contributed by atoms with E-state index in [2.05, 4.69) is 6.07 Å². The van der Waals surface area contributed by atoms with Gasteiger partial charge in [-0.15, -0.1) is 0 Å². The first-order valence-electron chi connectivity index (χ1n) is 5.56. The molecule has 0 bridgehead atoms. The second-order valence-corrected chi connectivity index (χ2v) is 3.96. The molecule has 1 aromatic rings. The largest absolute Gasteiger partial charge is 0.312 e. The molecule has 1 heterocycles. The van der Waals surface area contributed by atoms with E-state index >= 15 is 0 Å². The second kappa shape index (κ2) is 4.36. The Morgan fingerprint density at radius 1 is 1.44 bits per heavy atom. The number of benzene rings is 1. The van der Waals surface area contributed by atoms with Gasteiger partial charge in [0, 0.05) is 12.2 Å². The van der Waals surface area contributed by atoms with Crippen molar-refractivity contribution in [2.45, 2.75) is 25.7 Å². The monoisotopic (exact) mass is 214 g/mol. The molecule has 0 radical (unpaired) electrons. The van der Waals surface area contributed by atoms with Gasteiger partial charge in [0.2, 0.25) is 5.91 Å². The predicted octanol–water partition coefficient (Wildman–Crippen LogP) is 2.44. The molecule has 0 saturated heterocycles. The summed E-state index contributed by atoms with van der Waals surface area (Å²) in [7, 11) is 0. The Balaban J connectivity index is 2.41. The lowest BCUT2D eigenvalue weighted by Crippen LogP contribution is -2.29. The van der Waals surface area contributed by atoms with Gasteiger partial charge in [-0.2, -0.15) is 5.26 Å². The van der Waals surface area contributed by atoms with Crippen LogP contribution in [0.25, 0.3) is 0 Å². The van der Waals surface area contributed by atoms with Crippen LogP contribution < -0.4 is 4.90 Å². The summed E-state index contributed by atoms with van der Waals surface area (Å²) in [4.78, 5) is 13.9. The minimum absolute atomic E-state index is 0.0737. The summed E-state index contributed by atoms with van der Waals surface area (Å²) in [5.74, 6) is -0.183. The summed E-state index contributed by atoms with van der Waals surface area (Å²) in [5, 5.41) is 8.77. The highest BCUT2D eigenvalue weighted by Gasteiger charge is 2.35. The number of para-hydroxylation sites is 1. The van der Waals surface area contributed by atoms with Crippen LogP contribution in [0.3, 0.4) is 0 Å². The average molecular weight is 214 g/mol. The van der Waals surface area contributed by atoms with E-state index < -0.39 is 0 Å². The Bertz CT molecular complexity index is 447. The number of hydrogen-bond acceptors (Lipinski definition) is 2. The van der Waals surface area contributed by atoms with Crippen molar-refractivity contribution in [3.63, 3.8) is 0 Å². The Labute approximate surface area is 95.3 Å². The first-order valence-corrected chi connectivity index (χ1v) is 5.56. The number of rotatable bonds is 3. The minimum Gasteiger partial charge on any atom is -0.312 e. The molecule has 3 heteroatoms. The van der Waals surface area contributed by atoms with Gasteiger partial charge in [0.25, 0.3) is 0 Å². The van der Waals surface area contributed by atoms with Crippen LogP contribution in [0, 0.1) is 11.3 Å². The van der Waals surface area contributed by atoms with Crippen molar-refractivity contribution < 1.29 is 4.79 Å².